The number of carbonyl (C=O) groups excluding carboxylic acids is 2. The molecule has 3 aromatic rings. The molecule has 0 fully saturated rings. The molecular formula is C19H21N5O2. The lowest BCUT2D eigenvalue weighted by Gasteiger charge is -2.14. The van der Waals surface area contributed by atoms with Gasteiger partial charge in [-0.1, -0.05) is 6.07 Å². The van der Waals surface area contributed by atoms with Gasteiger partial charge >= 0.3 is 0 Å². The van der Waals surface area contributed by atoms with Crippen LogP contribution in [0.25, 0.3) is 5.52 Å². The van der Waals surface area contributed by atoms with E-state index in [1.165, 1.54) is 0 Å². The summed E-state index contributed by atoms with van der Waals surface area (Å²) in [7, 11) is 0. The number of anilines is 2. The van der Waals surface area contributed by atoms with Gasteiger partial charge in [-0.05, 0) is 51.5 Å². The Bertz CT molecular complexity index is 991. The summed E-state index contributed by atoms with van der Waals surface area (Å²) in [4.78, 5) is 23.5. The molecule has 134 valence electrons. The molecule has 2 N–H and O–H groups in total. The number of aromatic nitrogens is 3. The molecule has 0 spiro atoms. The van der Waals surface area contributed by atoms with Crippen molar-refractivity contribution in [1.82, 2.24) is 19.9 Å². The number of carbonyl (C=O) groups is 2. The number of aryl methyl sites for hydroxylation is 2. The first-order chi connectivity index (χ1) is 12.4. The van der Waals surface area contributed by atoms with Crippen molar-refractivity contribution in [1.29, 1.82) is 0 Å². The molecule has 7 heteroatoms. The standard InChI is InChI=1S/C19H21N5O2/c1-11(2)21-18(26)14-6-5-12(3)17(8-14)22-19-23-20-9-16-7-15(10-25)13(4)24(16)19/h5-11H,1-4H3,(H,21,26)(H,22,23). The van der Waals surface area contributed by atoms with Crippen molar-refractivity contribution in [2.45, 2.75) is 33.7 Å². The molecule has 1 amide bonds. The summed E-state index contributed by atoms with van der Waals surface area (Å²) in [5.74, 6) is 0.352. The molecule has 0 aliphatic carbocycles. The first-order valence-electron chi connectivity index (χ1n) is 8.38. The molecule has 0 aliphatic heterocycles. The lowest BCUT2D eigenvalue weighted by atomic mass is 10.1. The number of benzene rings is 1. The van der Waals surface area contributed by atoms with Gasteiger partial charge in [0.15, 0.2) is 6.29 Å². The fourth-order valence-electron chi connectivity index (χ4n) is 2.78. The summed E-state index contributed by atoms with van der Waals surface area (Å²) >= 11 is 0. The summed E-state index contributed by atoms with van der Waals surface area (Å²) < 4.78 is 1.83. The maximum Gasteiger partial charge on any atom is 0.251 e. The van der Waals surface area contributed by atoms with Gasteiger partial charge in [-0.2, -0.15) is 5.10 Å². The van der Waals surface area contributed by atoms with Crippen molar-refractivity contribution in [2.24, 2.45) is 0 Å². The minimum absolute atomic E-state index is 0.0594. The second kappa shape index (κ2) is 6.95. The molecule has 26 heavy (non-hydrogen) atoms. The number of aldehydes is 1. The maximum atomic E-state index is 12.3. The van der Waals surface area contributed by atoms with Crippen LogP contribution in [-0.4, -0.2) is 32.8 Å². The van der Waals surface area contributed by atoms with E-state index in [2.05, 4.69) is 20.8 Å². The summed E-state index contributed by atoms with van der Waals surface area (Å²) in [6.45, 7) is 7.63. The largest absolute Gasteiger partial charge is 0.350 e. The maximum absolute atomic E-state index is 12.3. The molecular weight excluding hydrogens is 330 g/mol. The van der Waals surface area contributed by atoms with Crippen molar-refractivity contribution in [2.75, 3.05) is 5.32 Å². The number of rotatable bonds is 5. The Hall–Kier alpha value is -3.22. The van der Waals surface area contributed by atoms with Gasteiger partial charge in [-0.15, -0.1) is 5.10 Å². The average Bonchev–Trinajstić information content (AvgIpc) is 2.93. The van der Waals surface area contributed by atoms with E-state index in [4.69, 9.17) is 0 Å². The Morgan fingerprint density at radius 3 is 2.69 bits per heavy atom. The predicted molar refractivity (Wildman–Crippen MR) is 100 cm³/mol. The highest BCUT2D eigenvalue weighted by atomic mass is 16.1. The lowest BCUT2D eigenvalue weighted by molar-refractivity contribution is 0.0943. The van der Waals surface area contributed by atoms with Crippen LogP contribution in [0.15, 0.2) is 30.5 Å². The van der Waals surface area contributed by atoms with Crippen LogP contribution in [0.2, 0.25) is 0 Å². The van der Waals surface area contributed by atoms with Crippen molar-refractivity contribution in [3.8, 4) is 0 Å². The molecule has 0 saturated carbocycles. The van der Waals surface area contributed by atoms with Gasteiger partial charge in [0.2, 0.25) is 5.95 Å². The highest BCUT2D eigenvalue weighted by Crippen LogP contribution is 2.24. The number of nitrogens with one attached hydrogen (secondary N) is 2. The Labute approximate surface area is 151 Å². The molecule has 2 aromatic heterocycles. The van der Waals surface area contributed by atoms with Crippen molar-refractivity contribution in [3.05, 3.63) is 52.8 Å². The Kier molecular flexibility index (Phi) is 4.71. The van der Waals surface area contributed by atoms with Gasteiger partial charge in [0.25, 0.3) is 5.91 Å². The lowest BCUT2D eigenvalue weighted by Crippen LogP contribution is -2.30. The van der Waals surface area contributed by atoms with Crippen LogP contribution in [0, 0.1) is 13.8 Å². The van der Waals surface area contributed by atoms with E-state index in [-0.39, 0.29) is 11.9 Å². The minimum Gasteiger partial charge on any atom is -0.350 e. The molecule has 0 bridgehead atoms. The monoisotopic (exact) mass is 351 g/mol. The molecule has 0 atom stereocenters. The minimum atomic E-state index is -0.132. The van der Waals surface area contributed by atoms with E-state index in [9.17, 15) is 9.59 Å². The third-order valence-corrected chi connectivity index (χ3v) is 4.16. The van der Waals surface area contributed by atoms with Gasteiger partial charge in [-0.25, -0.2) is 0 Å². The molecule has 0 saturated heterocycles. The zero-order valence-corrected chi connectivity index (χ0v) is 15.2. The number of hydrogen-bond acceptors (Lipinski definition) is 5. The normalized spacial score (nSPS) is 11.0. The van der Waals surface area contributed by atoms with E-state index in [0.29, 0.717) is 17.1 Å². The van der Waals surface area contributed by atoms with E-state index < -0.39 is 0 Å². The first-order valence-corrected chi connectivity index (χ1v) is 8.38. The van der Waals surface area contributed by atoms with Gasteiger partial charge in [-0.3, -0.25) is 14.0 Å². The van der Waals surface area contributed by atoms with E-state index in [1.54, 1.807) is 24.4 Å². The molecule has 7 nitrogen and oxygen atoms in total. The first kappa shape index (κ1) is 17.6. The van der Waals surface area contributed by atoms with E-state index in [0.717, 1.165) is 28.7 Å². The third kappa shape index (κ3) is 3.28. The highest BCUT2D eigenvalue weighted by molar-refractivity contribution is 5.95. The Morgan fingerprint density at radius 1 is 1.23 bits per heavy atom. The fourth-order valence-corrected chi connectivity index (χ4v) is 2.78. The smallest absolute Gasteiger partial charge is 0.251 e. The predicted octanol–water partition coefficient (Wildman–Crippen LogP) is 3.04. The number of amides is 1. The van der Waals surface area contributed by atoms with Crippen LogP contribution in [0.3, 0.4) is 0 Å². The van der Waals surface area contributed by atoms with Crippen LogP contribution in [0.5, 0.6) is 0 Å². The van der Waals surface area contributed by atoms with Gasteiger partial charge in [0.1, 0.15) is 0 Å². The van der Waals surface area contributed by atoms with Crippen molar-refractivity contribution >= 4 is 29.3 Å². The molecule has 0 radical (unpaired) electrons. The van der Waals surface area contributed by atoms with E-state index >= 15 is 0 Å². The summed E-state index contributed by atoms with van der Waals surface area (Å²) in [6, 6.07) is 7.28. The van der Waals surface area contributed by atoms with Gasteiger partial charge in [0, 0.05) is 28.6 Å². The molecule has 0 unspecified atom stereocenters. The fraction of sp³-hybridized carbons (Fsp3) is 0.263. The second-order valence-corrected chi connectivity index (χ2v) is 6.51. The average molecular weight is 351 g/mol. The molecule has 1 aromatic carbocycles. The zero-order valence-electron chi connectivity index (χ0n) is 15.2. The van der Waals surface area contributed by atoms with Crippen LogP contribution < -0.4 is 10.6 Å². The van der Waals surface area contributed by atoms with Crippen LogP contribution in [-0.2, 0) is 0 Å². The summed E-state index contributed by atoms with van der Waals surface area (Å²) in [6.07, 6.45) is 2.42. The second-order valence-electron chi connectivity index (χ2n) is 6.51. The van der Waals surface area contributed by atoms with E-state index in [1.807, 2.05) is 38.2 Å². The zero-order chi connectivity index (χ0) is 18.8. The van der Waals surface area contributed by atoms with Crippen LogP contribution >= 0.6 is 0 Å². The molecule has 2 heterocycles. The number of hydrogen-bond donors (Lipinski definition) is 2. The number of nitrogens with zero attached hydrogens (tertiary/aromatic N) is 3. The molecule has 3 rings (SSSR count). The van der Waals surface area contributed by atoms with Crippen LogP contribution in [0.4, 0.5) is 11.6 Å². The highest BCUT2D eigenvalue weighted by Gasteiger charge is 2.13. The van der Waals surface area contributed by atoms with Crippen molar-refractivity contribution < 1.29 is 9.59 Å². The summed E-state index contributed by atoms with van der Waals surface area (Å²) in [5.41, 5.74) is 4.41. The quantitative estimate of drug-likeness (QED) is 0.690. The Balaban J connectivity index is 2.01. The van der Waals surface area contributed by atoms with Crippen LogP contribution in [0.1, 0.15) is 45.8 Å². The van der Waals surface area contributed by atoms with Crippen molar-refractivity contribution in [3.63, 3.8) is 0 Å². The number of fused-ring (bicyclic) bond motifs is 1. The molecule has 0 aliphatic rings. The van der Waals surface area contributed by atoms with Gasteiger partial charge < -0.3 is 10.6 Å². The third-order valence-electron chi connectivity index (χ3n) is 4.16. The topological polar surface area (TPSA) is 88.4 Å². The summed E-state index contributed by atoms with van der Waals surface area (Å²) in [5, 5.41) is 14.3. The SMILES string of the molecule is Cc1ccc(C(=O)NC(C)C)cc1Nc1nncc2cc(C=O)c(C)n12. The Morgan fingerprint density at radius 2 is 2.00 bits per heavy atom. The van der Waals surface area contributed by atoms with Gasteiger partial charge in [0.05, 0.1) is 11.7 Å².